The van der Waals surface area contributed by atoms with E-state index < -0.39 is 5.91 Å². The lowest BCUT2D eigenvalue weighted by Crippen LogP contribution is -2.28. The molecule has 6 heteroatoms. The maximum Gasteiger partial charge on any atom is 0.272 e. The predicted octanol–water partition coefficient (Wildman–Crippen LogP) is 3.13. The van der Waals surface area contributed by atoms with Crippen LogP contribution in [0.1, 0.15) is 18.1 Å². The van der Waals surface area contributed by atoms with Crippen molar-refractivity contribution >= 4 is 23.6 Å². The van der Waals surface area contributed by atoms with Gasteiger partial charge in [-0.2, -0.15) is 0 Å². The summed E-state index contributed by atoms with van der Waals surface area (Å²) in [4.78, 5) is 24.1. The molecule has 6 nitrogen and oxygen atoms in total. The second kappa shape index (κ2) is 8.71. The Kier molecular flexibility index (Phi) is 6.38. The third-order valence-corrected chi connectivity index (χ3v) is 3.58. The Morgan fingerprint density at radius 3 is 2.19 bits per heavy atom. The van der Waals surface area contributed by atoms with Crippen molar-refractivity contribution in [2.45, 2.75) is 13.8 Å². The van der Waals surface area contributed by atoms with Crippen molar-refractivity contribution < 1.29 is 19.1 Å². The molecule has 2 rings (SSSR count). The van der Waals surface area contributed by atoms with Crippen LogP contribution in [-0.2, 0) is 9.59 Å². The molecule has 2 amide bonds. The number of anilines is 1. The molecule has 2 N–H and O–H groups in total. The molecule has 0 saturated heterocycles. The lowest BCUT2D eigenvalue weighted by molar-refractivity contribution is -0.120. The van der Waals surface area contributed by atoms with Crippen molar-refractivity contribution in [3.05, 3.63) is 59.3 Å². The van der Waals surface area contributed by atoms with Gasteiger partial charge in [0.15, 0.2) is 11.5 Å². The van der Waals surface area contributed by atoms with Gasteiger partial charge in [0.1, 0.15) is 5.70 Å². The van der Waals surface area contributed by atoms with Crippen molar-refractivity contribution in [2.75, 3.05) is 19.5 Å². The molecule has 0 aliphatic carbocycles. The highest BCUT2D eigenvalue weighted by Gasteiger charge is 2.13. The SMILES string of the molecule is COc1ccc(/C=C(\NC(C)=O)C(=O)Nc2ccc(C)cc2)cc1OC. The molecular weight excluding hydrogens is 332 g/mol. The second-order valence-electron chi connectivity index (χ2n) is 5.67. The van der Waals surface area contributed by atoms with Gasteiger partial charge in [0, 0.05) is 12.6 Å². The molecule has 0 bridgehead atoms. The normalized spacial score (nSPS) is 10.8. The number of carbonyl (C=O) groups excluding carboxylic acids is 2. The zero-order valence-corrected chi connectivity index (χ0v) is 15.3. The third-order valence-electron chi connectivity index (χ3n) is 3.58. The van der Waals surface area contributed by atoms with Gasteiger partial charge in [-0.25, -0.2) is 0 Å². The molecule has 0 saturated carbocycles. The van der Waals surface area contributed by atoms with E-state index in [-0.39, 0.29) is 11.6 Å². The fraction of sp³-hybridized carbons (Fsp3) is 0.200. The number of benzene rings is 2. The van der Waals surface area contributed by atoms with Crippen molar-refractivity contribution in [1.29, 1.82) is 0 Å². The number of carbonyl (C=O) groups is 2. The number of hydrogen-bond donors (Lipinski definition) is 2. The summed E-state index contributed by atoms with van der Waals surface area (Å²) in [6.45, 7) is 3.31. The molecule has 2 aromatic carbocycles. The number of nitrogens with one attached hydrogen (secondary N) is 2. The van der Waals surface area contributed by atoms with Crippen LogP contribution in [0.3, 0.4) is 0 Å². The first-order chi connectivity index (χ1) is 12.4. The zero-order chi connectivity index (χ0) is 19.1. The van der Waals surface area contributed by atoms with Gasteiger partial charge in [0.25, 0.3) is 5.91 Å². The van der Waals surface area contributed by atoms with Gasteiger partial charge in [-0.1, -0.05) is 23.8 Å². The molecule has 0 fully saturated rings. The van der Waals surface area contributed by atoms with Crippen molar-refractivity contribution in [2.24, 2.45) is 0 Å². The van der Waals surface area contributed by atoms with Crippen LogP contribution < -0.4 is 20.1 Å². The summed E-state index contributed by atoms with van der Waals surface area (Å²) in [7, 11) is 3.08. The lowest BCUT2D eigenvalue weighted by Gasteiger charge is -2.11. The van der Waals surface area contributed by atoms with E-state index in [1.807, 2.05) is 19.1 Å². The molecule has 0 aliphatic rings. The van der Waals surface area contributed by atoms with Crippen LogP contribution in [0, 0.1) is 6.92 Å². The van der Waals surface area contributed by atoms with Gasteiger partial charge in [-0.15, -0.1) is 0 Å². The van der Waals surface area contributed by atoms with Gasteiger partial charge in [-0.05, 0) is 42.8 Å². The van der Waals surface area contributed by atoms with Gasteiger partial charge < -0.3 is 20.1 Å². The van der Waals surface area contributed by atoms with E-state index in [0.717, 1.165) is 5.56 Å². The number of hydrogen-bond acceptors (Lipinski definition) is 4. The van der Waals surface area contributed by atoms with Crippen LogP contribution in [-0.4, -0.2) is 26.0 Å². The first-order valence-electron chi connectivity index (χ1n) is 8.02. The Balaban J connectivity index is 2.30. The third kappa shape index (κ3) is 5.11. The summed E-state index contributed by atoms with van der Waals surface area (Å²) in [5, 5.41) is 5.33. The predicted molar refractivity (Wildman–Crippen MR) is 101 cm³/mol. The van der Waals surface area contributed by atoms with E-state index in [1.54, 1.807) is 43.5 Å². The van der Waals surface area contributed by atoms with E-state index in [2.05, 4.69) is 10.6 Å². The van der Waals surface area contributed by atoms with E-state index in [9.17, 15) is 9.59 Å². The standard InChI is InChI=1S/C20H22N2O4/c1-13-5-8-16(9-6-13)22-20(24)17(21-14(2)23)11-15-7-10-18(25-3)19(12-15)26-4/h5-12H,1-4H3,(H,21,23)(H,22,24)/b17-11-. The Morgan fingerprint density at radius 1 is 0.962 bits per heavy atom. The average Bonchev–Trinajstić information content (AvgIpc) is 2.62. The van der Waals surface area contributed by atoms with Crippen LogP contribution in [0.5, 0.6) is 11.5 Å². The fourth-order valence-corrected chi connectivity index (χ4v) is 2.29. The Morgan fingerprint density at radius 2 is 1.62 bits per heavy atom. The summed E-state index contributed by atoms with van der Waals surface area (Å²) in [6.07, 6.45) is 1.58. The van der Waals surface area contributed by atoms with Crippen LogP contribution in [0.25, 0.3) is 6.08 Å². The van der Waals surface area contributed by atoms with E-state index >= 15 is 0 Å². The minimum Gasteiger partial charge on any atom is -0.493 e. The van der Waals surface area contributed by atoms with Crippen LogP contribution >= 0.6 is 0 Å². The summed E-state index contributed by atoms with van der Waals surface area (Å²) in [6, 6.07) is 12.6. The molecule has 2 aromatic rings. The highest BCUT2D eigenvalue weighted by Crippen LogP contribution is 2.28. The smallest absolute Gasteiger partial charge is 0.272 e. The lowest BCUT2D eigenvalue weighted by atomic mass is 10.1. The molecule has 0 aromatic heterocycles. The van der Waals surface area contributed by atoms with Crippen molar-refractivity contribution in [1.82, 2.24) is 5.32 Å². The molecule has 0 atom stereocenters. The minimum absolute atomic E-state index is 0.130. The topological polar surface area (TPSA) is 76.7 Å². The van der Waals surface area contributed by atoms with Crippen LogP contribution in [0.15, 0.2) is 48.2 Å². The Hall–Kier alpha value is -3.28. The minimum atomic E-state index is -0.418. The van der Waals surface area contributed by atoms with Crippen molar-refractivity contribution in [3.63, 3.8) is 0 Å². The first-order valence-corrected chi connectivity index (χ1v) is 8.02. The number of methoxy groups -OCH3 is 2. The second-order valence-corrected chi connectivity index (χ2v) is 5.67. The number of rotatable bonds is 6. The average molecular weight is 354 g/mol. The monoisotopic (exact) mass is 354 g/mol. The maximum atomic E-state index is 12.6. The molecule has 26 heavy (non-hydrogen) atoms. The number of amides is 2. The Labute approximate surface area is 152 Å². The highest BCUT2D eigenvalue weighted by atomic mass is 16.5. The summed E-state index contributed by atoms with van der Waals surface area (Å²) >= 11 is 0. The fourth-order valence-electron chi connectivity index (χ4n) is 2.29. The summed E-state index contributed by atoms with van der Waals surface area (Å²) in [5.74, 6) is 0.354. The first kappa shape index (κ1) is 19.1. The number of ether oxygens (including phenoxy) is 2. The summed E-state index contributed by atoms with van der Waals surface area (Å²) < 4.78 is 10.5. The molecule has 0 spiro atoms. The highest BCUT2D eigenvalue weighted by molar-refractivity contribution is 6.08. The molecular formula is C20H22N2O4. The quantitative estimate of drug-likeness (QED) is 0.782. The van der Waals surface area contributed by atoms with E-state index in [0.29, 0.717) is 22.7 Å². The van der Waals surface area contributed by atoms with Gasteiger partial charge in [0.2, 0.25) is 5.91 Å². The van der Waals surface area contributed by atoms with Crippen molar-refractivity contribution in [3.8, 4) is 11.5 Å². The van der Waals surface area contributed by atoms with Gasteiger partial charge in [-0.3, -0.25) is 9.59 Å². The van der Waals surface area contributed by atoms with E-state index in [1.165, 1.54) is 14.0 Å². The largest absolute Gasteiger partial charge is 0.493 e. The van der Waals surface area contributed by atoms with Gasteiger partial charge in [0.05, 0.1) is 14.2 Å². The molecule has 136 valence electrons. The molecule has 0 aliphatic heterocycles. The van der Waals surface area contributed by atoms with Gasteiger partial charge >= 0.3 is 0 Å². The van der Waals surface area contributed by atoms with Crippen LogP contribution in [0.4, 0.5) is 5.69 Å². The zero-order valence-electron chi connectivity index (χ0n) is 15.3. The summed E-state index contributed by atoms with van der Waals surface area (Å²) in [5.41, 5.74) is 2.55. The Bertz CT molecular complexity index is 826. The molecule has 0 heterocycles. The number of aryl methyl sites for hydroxylation is 1. The molecule has 0 unspecified atom stereocenters. The molecule has 0 radical (unpaired) electrons. The maximum absolute atomic E-state index is 12.6. The van der Waals surface area contributed by atoms with E-state index in [4.69, 9.17) is 9.47 Å². The van der Waals surface area contributed by atoms with Crippen LogP contribution in [0.2, 0.25) is 0 Å².